The number of hydrogen-bond acceptors (Lipinski definition) is 2. The highest BCUT2D eigenvalue weighted by molar-refractivity contribution is 9.10. The summed E-state index contributed by atoms with van der Waals surface area (Å²) in [6, 6.07) is 17.0. The van der Waals surface area contributed by atoms with E-state index in [0.717, 1.165) is 28.2 Å². The Bertz CT molecular complexity index is 680. The molecular weight excluding hydrogens is 430 g/mol. The van der Waals surface area contributed by atoms with Crippen LogP contribution in [-0.2, 0) is 4.79 Å². The molecule has 4 heteroatoms. The lowest BCUT2D eigenvalue weighted by Crippen LogP contribution is -2.50. The molecule has 1 saturated heterocycles. The molecule has 124 valence electrons. The number of ketones is 1. The van der Waals surface area contributed by atoms with Gasteiger partial charge in [-0.25, -0.2) is 0 Å². The van der Waals surface area contributed by atoms with Crippen LogP contribution in [0.2, 0.25) is 0 Å². The predicted octanol–water partition coefficient (Wildman–Crippen LogP) is 5.58. The van der Waals surface area contributed by atoms with Crippen molar-refractivity contribution < 1.29 is 4.79 Å². The van der Waals surface area contributed by atoms with Crippen molar-refractivity contribution in [3.63, 3.8) is 0 Å². The van der Waals surface area contributed by atoms with Gasteiger partial charge in [-0.3, -0.25) is 4.79 Å². The number of benzene rings is 2. The van der Waals surface area contributed by atoms with E-state index in [9.17, 15) is 4.79 Å². The molecule has 2 aromatic carbocycles. The number of carbonyl (C=O) groups excluding carboxylic acids is 1. The molecule has 24 heavy (non-hydrogen) atoms. The van der Waals surface area contributed by atoms with Gasteiger partial charge in [0.25, 0.3) is 0 Å². The Morgan fingerprint density at radius 1 is 0.750 bits per heavy atom. The van der Waals surface area contributed by atoms with E-state index in [2.05, 4.69) is 85.7 Å². The minimum Gasteiger partial charge on any atom is -0.302 e. The molecule has 2 aromatic rings. The first-order chi connectivity index (χ1) is 11.6. The molecule has 1 aliphatic heterocycles. The van der Waals surface area contributed by atoms with E-state index in [-0.39, 0.29) is 23.9 Å². The van der Waals surface area contributed by atoms with Crippen LogP contribution in [0, 0.1) is 11.8 Å². The third-order valence-corrected chi connectivity index (χ3v) is 6.44. The molecule has 2 bridgehead atoms. The molecule has 2 fully saturated rings. The summed E-state index contributed by atoms with van der Waals surface area (Å²) in [7, 11) is 0. The summed E-state index contributed by atoms with van der Waals surface area (Å²) in [6.07, 6.45) is 3.13. The van der Waals surface area contributed by atoms with Crippen molar-refractivity contribution in [2.24, 2.45) is 11.8 Å². The second-order valence-electron chi connectivity index (χ2n) is 6.77. The standard InChI is InChI=1S/C20H19Br2NO/c21-14-8-4-12(5-9-14)18-16-2-1-3-17(20(16)24)19(23-18)13-6-10-15(22)11-7-13/h4-11,16-19,23H,1-3H2/t16-,17-,18+,19+/m1/s1. The van der Waals surface area contributed by atoms with Crippen molar-refractivity contribution >= 4 is 37.6 Å². The molecule has 0 radical (unpaired) electrons. The molecule has 1 heterocycles. The Morgan fingerprint density at radius 2 is 1.17 bits per heavy atom. The van der Waals surface area contributed by atoms with Gasteiger partial charge in [-0.15, -0.1) is 0 Å². The van der Waals surface area contributed by atoms with Gasteiger partial charge in [0, 0.05) is 32.9 Å². The van der Waals surface area contributed by atoms with Gasteiger partial charge in [0.05, 0.1) is 0 Å². The summed E-state index contributed by atoms with van der Waals surface area (Å²) in [4.78, 5) is 13.1. The van der Waals surface area contributed by atoms with Crippen LogP contribution < -0.4 is 5.32 Å². The second kappa shape index (κ2) is 6.74. The SMILES string of the molecule is O=C1[C@@H]2CCC[C@@H]1[C@H](c1ccc(Br)cc1)N[C@H]2c1ccc(Br)cc1. The number of nitrogens with one attached hydrogen (secondary N) is 1. The van der Waals surface area contributed by atoms with Gasteiger partial charge in [0.2, 0.25) is 0 Å². The Labute approximate surface area is 159 Å². The average Bonchev–Trinajstić information content (AvgIpc) is 2.57. The van der Waals surface area contributed by atoms with Crippen LogP contribution in [0.3, 0.4) is 0 Å². The van der Waals surface area contributed by atoms with Gasteiger partial charge in [-0.1, -0.05) is 62.5 Å². The number of halogens is 2. The fraction of sp³-hybridized carbons (Fsp3) is 0.350. The highest BCUT2D eigenvalue weighted by atomic mass is 79.9. The van der Waals surface area contributed by atoms with Gasteiger partial charge in [0.15, 0.2) is 0 Å². The van der Waals surface area contributed by atoms with Crippen molar-refractivity contribution in [2.45, 2.75) is 31.3 Å². The largest absolute Gasteiger partial charge is 0.302 e. The van der Waals surface area contributed by atoms with E-state index in [1.165, 1.54) is 11.1 Å². The van der Waals surface area contributed by atoms with E-state index in [1.54, 1.807) is 0 Å². The third kappa shape index (κ3) is 3.00. The first kappa shape index (κ1) is 16.5. The normalized spacial score (nSPS) is 29.5. The zero-order chi connectivity index (χ0) is 16.7. The summed E-state index contributed by atoms with van der Waals surface area (Å²) < 4.78 is 2.14. The van der Waals surface area contributed by atoms with E-state index in [0.29, 0.717) is 5.78 Å². The minimum atomic E-state index is 0.107. The predicted molar refractivity (Wildman–Crippen MR) is 103 cm³/mol. The van der Waals surface area contributed by atoms with Crippen LogP contribution in [0.25, 0.3) is 0 Å². The number of hydrogen-bond donors (Lipinski definition) is 1. The van der Waals surface area contributed by atoms with Crippen molar-refractivity contribution in [3.8, 4) is 0 Å². The van der Waals surface area contributed by atoms with Crippen LogP contribution in [0.15, 0.2) is 57.5 Å². The van der Waals surface area contributed by atoms with Gasteiger partial charge >= 0.3 is 0 Å². The second-order valence-corrected chi connectivity index (χ2v) is 8.60. The molecule has 2 aliphatic rings. The minimum absolute atomic E-state index is 0.107. The molecule has 0 aromatic heterocycles. The van der Waals surface area contributed by atoms with Gasteiger partial charge < -0.3 is 5.32 Å². The van der Waals surface area contributed by atoms with Crippen molar-refractivity contribution in [1.82, 2.24) is 5.32 Å². The van der Waals surface area contributed by atoms with Crippen LogP contribution in [0.5, 0.6) is 0 Å². The smallest absolute Gasteiger partial charge is 0.142 e. The molecule has 1 saturated carbocycles. The zero-order valence-electron chi connectivity index (χ0n) is 13.2. The van der Waals surface area contributed by atoms with Crippen LogP contribution >= 0.6 is 31.9 Å². The number of carbonyl (C=O) groups is 1. The van der Waals surface area contributed by atoms with Gasteiger partial charge in [-0.2, -0.15) is 0 Å². The van der Waals surface area contributed by atoms with E-state index in [1.807, 2.05) is 0 Å². The first-order valence-corrected chi connectivity index (χ1v) is 10.0. The highest BCUT2D eigenvalue weighted by Gasteiger charge is 2.46. The number of piperidine rings is 1. The number of Topliss-reactive ketones (excluding diaryl/α,β-unsaturated/α-hetero) is 1. The Morgan fingerprint density at radius 3 is 1.58 bits per heavy atom. The maximum atomic E-state index is 13.1. The summed E-state index contributed by atoms with van der Waals surface area (Å²) in [5.41, 5.74) is 2.41. The Kier molecular flexibility index (Phi) is 4.63. The van der Waals surface area contributed by atoms with Crippen molar-refractivity contribution in [3.05, 3.63) is 68.6 Å². The fourth-order valence-corrected chi connectivity index (χ4v) is 4.73. The Balaban J connectivity index is 1.71. The van der Waals surface area contributed by atoms with E-state index < -0.39 is 0 Å². The summed E-state index contributed by atoms with van der Waals surface area (Å²) in [5, 5.41) is 3.81. The van der Waals surface area contributed by atoms with Crippen LogP contribution in [-0.4, -0.2) is 5.78 Å². The molecule has 1 N–H and O–H groups in total. The number of rotatable bonds is 2. The maximum Gasteiger partial charge on any atom is 0.142 e. The maximum absolute atomic E-state index is 13.1. The lowest BCUT2D eigenvalue weighted by molar-refractivity contribution is -0.135. The zero-order valence-corrected chi connectivity index (χ0v) is 16.4. The van der Waals surface area contributed by atoms with Crippen LogP contribution in [0.4, 0.5) is 0 Å². The summed E-state index contributed by atoms with van der Waals surface area (Å²) in [5.74, 6) is 0.661. The molecule has 0 amide bonds. The molecule has 0 unspecified atom stereocenters. The molecule has 4 atom stereocenters. The Hall–Kier alpha value is -0.970. The summed E-state index contributed by atoms with van der Waals surface area (Å²) in [6.45, 7) is 0. The van der Waals surface area contributed by atoms with E-state index in [4.69, 9.17) is 0 Å². The highest BCUT2D eigenvalue weighted by Crippen LogP contribution is 2.45. The quantitative estimate of drug-likeness (QED) is 0.649. The summed E-state index contributed by atoms with van der Waals surface area (Å²) >= 11 is 7.00. The van der Waals surface area contributed by atoms with Crippen molar-refractivity contribution in [1.29, 1.82) is 0 Å². The van der Waals surface area contributed by atoms with Gasteiger partial charge in [-0.05, 0) is 48.2 Å². The van der Waals surface area contributed by atoms with Gasteiger partial charge in [0.1, 0.15) is 5.78 Å². The fourth-order valence-electron chi connectivity index (χ4n) is 4.20. The van der Waals surface area contributed by atoms with Crippen molar-refractivity contribution in [2.75, 3.05) is 0 Å². The first-order valence-electron chi connectivity index (χ1n) is 8.44. The van der Waals surface area contributed by atoms with Crippen LogP contribution in [0.1, 0.15) is 42.5 Å². The lowest BCUT2D eigenvalue weighted by Gasteiger charge is -2.45. The lowest BCUT2D eigenvalue weighted by atomic mass is 9.67. The topological polar surface area (TPSA) is 29.1 Å². The molecule has 0 spiro atoms. The molecular formula is C20H19Br2NO. The average molecular weight is 449 g/mol. The molecule has 2 nitrogen and oxygen atoms in total. The monoisotopic (exact) mass is 447 g/mol. The van der Waals surface area contributed by atoms with E-state index >= 15 is 0 Å². The molecule has 4 rings (SSSR count). The third-order valence-electron chi connectivity index (χ3n) is 5.38. The molecule has 1 aliphatic carbocycles. The number of fused-ring (bicyclic) bond motifs is 2.